The van der Waals surface area contributed by atoms with Crippen LogP contribution < -0.4 is 0 Å². The maximum absolute atomic E-state index is 11.8. The second-order valence-corrected chi connectivity index (χ2v) is 4.07. The summed E-state index contributed by atoms with van der Waals surface area (Å²) in [5.41, 5.74) is 0.872. The van der Waals surface area contributed by atoms with Crippen molar-refractivity contribution < 1.29 is 23.9 Å². The van der Waals surface area contributed by atoms with E-state index in [1.807, 2.05) is 30.3 Å². The molecule has 0 N–H and O–H groups in total. The van der Waals surface area contributed by atoms with Crippen LogP contribution in [-0.2, 0) is 30.5 Å². The summed E-state index contributed by atoms with van der Waals surface area (Å²) in [6.45, 7) is 0.179. The first-order chi connectivity index (χ1) is 9.22. The van der Waals surface area contributed by atoms with Gasteiger partial charge in [-0.05, 0) is 5.56 Å². The summed E-state index contributed by atoms with van der Waals surface area (Å²) < 4.78 is 9.58. The minimum absolute atomic E-state index is 0.0931. The molecule has 19 heavy (non-hydrogen) atoms. The lowest BCUT2D eigenvalue weighted by Crippen LogP contribution is -2.57. The number of β-lactam (4-membered cyclic amide) rings is 1. The van der Waals surface area contributed by atoms with E-state index in [4.69, 9.17) is 4.74 Å². The lowest BCUT2D eigenvalue weighted by Gasteiger charge is -2.37. The van der Waals surface area contributed by atoms with Crippen LogP contribution >= 0.6 is 0 Å². The van der Waals surface area contributed by atoms with E-state index < -0.39 is 12.0 Å². The van der Waals surface area contributed by atoms with Gasteiger partial charge in [-0.3, -0.25) is 14.5 Å². The van der Waals surface area contributed by atoms with Crippen molar-refractivity contribution in [3.8, 4) is 0 Å². The standard InChI is InChI=1S/C13H13NO5/c15-9-18-8-14-11(6-12(14)16)13(17)19-7-10-4-2-1-3-5-10/h1-5,9,11H,6-8H2/t11-/m0/s1. The molecule has 1 aromatic carbocycles. The van der Waals surface area contributed by atoms with Gasteiger partial charge < -0.3 is 9.47 Å². The van der Waals surface area contributed by atoms with E-state index >= 15 is 0 Å². The first kappa shape index (κ1) is 13.1. The molecule has 1 saturated heterocycles. The highest BCUT2D eigenvalue weighted by Crippen LogP contribution is 2.20. The number of likely N-dealkylation sites (tertiary alicyclic amines) is 1. The van der Waals surface area contributed by atoms with Gasteiger partial charge in [-0.1, -0.05) is 30.3 Å². The molecular weight excluding hydrogens is 250 g/mol. The molecule has 6 heteroatoms. The maximum atomic E-state index is 11.8. The number of amides is 1. The number of rotatable bonds is 6. The monoisotopic (exact) mass is 263 g/mol. The summed E-state index contributed by atoms with van der Waals surface area (Å²) in [6, 6.07) is 8.59. The van der Waals surface area contributed by atoms with Crippen LogP contribution in [0.25, 0.3) is 0 Å². The molecule has 1 heterocycles. The van der Waals surface area contributed by atoms with Crippen LogP contribution in [0.3, 0.4) is 0 Å². The number of ether oxygens (including phenoxy) is 2. The second kappa shape index (κ2) is 5.99. The Hall–Kier alpha value is -2.37. The van der Waals surface area contributed by atoms with Gasteiger partial charge >= 0.3 is 5.97 Å². The van der Waals surface area contributed by atoms with Crippen molar-refractivity contribution in [2.45, 2.75) is 19.1 Å². The zero-order chi connectivity index (χ0) is 13.7. The number of nitrogens with zero attached hydrogens (tertiary/aromatic N) is 1. The smallest absolute Gasteiger partial charge is 0.329 e. The molecule has 1 aliphatic rings. The van der Waals surface area contributed by atoms with Crippen LogP contribution in [0.15, 0.2) is 30.3 Å². The maximum Gasteiger partial charge on any atom is 0.329 e. The Kier molecular flexibility index (Phi) is 4.12. The second-order valence-electron chi connectivity index (χ2n) is 4.07. The van der Waals surface area contributed by atoms with Crippen molar-refractivity contribution in [3.05, 3.63) is 35.9 Å². The fraction of sp³-hybridized carbons (Fsp3) is 0.308. The number of carbonyl (C=O) groups is 3. The third kappa shape index (κ3) is 3.09. The summed E-state index contributed by atoms with van der Waals surface area (Å²) in [4.78, 5) is 34.2. The van der Waals surface area contributed by atoms with Crippen LogP contribution in [0.4, 0.5) is 0 Å². The van der Waals surface area contributed by atoms with E-state index in [-0.39, 0.29) is 32.1 Å². The van der Waals surface area contributed by atoms with Gasteiger partial charge in [-0.15, -0.1) is 0 Å². The largest absolute Gasteiger partial charge is 0.459 e. The predicted octanol–water partition coefficient (Wildman–Crippen LogP) is 0.461. The fourth-order valence-electron chi connectivity index (χ4n) is 1.76. The van der Waals surface area contributed by atoms with E-state index in [0.717, 1.165) is 5.56 Å². The number of carbonyl (C=O) groups excluding carboxylic acids is 3. The highest BCUT2D eigenvalue weighted by molar-refractivity contribution is 5.94. The molecule has 1 amide bonds. The molecular formula is C13H13NO5. The molecule has 1 fully saturated rings. The molecule has 0 aromatic heterocycles. The van der Waals surface area contributed by atoms with Crippen molar-refractivity contribution >= 4 is 18.3 Å². The normalized spacial score (nSPS) is 17.6. The Morgan fingerprint density at radius 1 is 1.37 bits per heavy atom. The number of esters is 1. The SMILES string of the molecule is O=COCN1C(=O)C[C@H]1C(=O)OCc1ccccc1. The summed E-state index contributed by atoms with van der Waals surface area (Å²) >= 11 is 0. The zero-order valence-electron chi connectivity index (χ0n) is 10.2. The van der Waals surface area contributed by atoms with Gasteiger partial charge in [0.15, 0.2) is 6.73 Å². The summed E-state index contributed by atoms with van der Waals surface area (Å²) in [5, 5.41) is 0. The highest BCUT2D eigenvalue weighted by atomic mass is 16.5. The highest BCUT2D eigenvalue weighted by Gasteiger charge is 2.42. The predicted molar refractivity (Wildman–Crippen MR) is 63.5 cm³/mol. The topological polar surface area (TPSA) is 72.9 Å². The fourth-order valence-corrected chi connectivity index (χ4v) is 1.76. The Balaban J connectivity index is 1.83. The average molecular weight is 263 g/mol. The number of hydrogen-bond acceptors (Lipinski definition) is 5. The van der Waals surface area contributed by atoms with Crippen molar-refractivity contribution in [2.24, 2.45) is 0 Å². The number of hydrogen-bond donors (Lipinski definition) is 0. The Labute approximate surface area is 109 Å². The van der Waals surface area contributed by atoms with Crippen LogP contribution in [0.5, 0.6) is 0 Å². The number of benzene rings is 1. The van der Waals surface area contributed by atoms with Crippen molar-refractivity contribution in [2.75, 3.05) is 6.73 Å². The Morgan fingerprint density at radius 3 is 2.74 bits per heavy atom. The van der Waals surface area contributed by atoms with Crippen LogP contribution in [0, 0.1) is 0 Å². The molecule has 1 aliphatic heterocycles. The third-order valence-corrected chi connectivity index (χ3v) is 2.84. The van der Waals surface area contributed by atoms with Crippen molar-refractivity contribution in [3.63, 3.8) is 0 Å². The lowest BCUT2D eigenvalue weighted by atomic mass is 10.0. The van der Waals surface area contributed by atoms with Gasteiger partial charge in [0.1, 0.15) is 12.6 Å². The van der Waals surface area contributed by atoms with Crippen molar-refractivity contribution in [1.29, 1.82) is 0 Å². The van der Waals surface area contributed by atoms with Crippen molar-refractivity contribution in [1.82, 2.24) is 4.90 Å². The molecule has 1 aromatic rings. The molecule has 0 saturated carbocycles. The molecule has 0 radical (unpaired) electrons. The van der Waals surface area contributed by atoms with E-state index in [0.29, 0.717) is 0 Å². The van der Waals surface area contributed by atoms with Crippen LogP contribution in [0.1, 0.15) is 12.0 Å². The first-order valence-electron chi connectivity index (χ1n) is 5.77. The molecule has 0 bridgehead atoms. The molecule has 6 nitrogen and oxygen atoms in total. The molecule has 100 valence electrons. The minimum Gasteiger partial charge on any atom is -0.459 e. The van der Waals surface area contributed by atoms with Gasteiger partial charge in [-0.25, -0.2) is 4.79 Å². The quantitative estimate of drug-likeness (QED) is 0.423. The molecule has 0 unspecified atom stereocenters. The minimum atomic E-state index is -0.656. The van der Waals surface area contributed by atoms with E-state index in [1.165, 1.54) is 4.90 Å². The molecule has 0 aliphatic carbocycles. The Morgan fingerprint density at radius 2 is 2.11 bits per heavy atom. The van der Waals surface area contributed by atoms with E-state index in [1.54, 1.807) is 0 Å². The van der Waals surface area contributed by atoms with E-state index in [9.17, 15) is 14.4 Å². The van der Waals surface area contributed by atoms with Gasteiger partial charge in [0, 0.05) is 0 Å². The Bertz CT molecular complexity index is 473. The van der Waals surface area contributed by atoms with E-state index in [2.05, 4.69) is 4.74 Å². The molecule has 0 spiro atoms. The molecule has 2 rings (SSSR count). The van der Waals surface area contributed by atoms with Gasteiger partial charge in [0.2, 0.25) is 5.91 Å². The van der Waals surface area contributed by atoms with Gasteiger partial charge in [-0.2, -0.15) is 0 Å². The van der Waals surface area contributed by atoms with Crippen LogP contribution in [-0.4, -0.2) is 36.0 Å². The summed E-state index contributed by atoms with van der Waals surface area (Å²) in [6.07, 6.45) is 0.0931. The zero-order valence-corrected chi connectivity index (χ0v) is 10.2. The van der Waals surface area contributed by atoms with Gasteiger partial charge in [0.25, 0.3) is 6.47 Å². The van der Waals surface area contributed by atoms with Crippen LogP contribution in [0.2, 0.25) is 0 Å². The lowest BCUT2D eigenvalue weighted by molar-refractivity contribution is -0.174. The third-order valence-electron chi connectivity index (χ3n) is 2.84. The first-order valence-corrected chi connectivity index (χ1v) is 5.77. The molecule has 1 atom stereocenters. The average Bonchev–Trinajstić information content (AvgIpc) is 2.43. The summed E-state index contributed by atoms with van der Waals surface area (Å²) in [7, 11) is 0. The van der Waals surface area contributed by atoms with Gasteiger partial charge in [0.05, 0.1) is 6.42 Å². The summed E-state index contributed by atoms with van der Waals surface area (Å²) in [5.74, 6) is -0.721.